The summed E-state index contributed by atoms with van der Waals surface area (Å²) in [6.45, 7) is 3.35. The number of nitrogens with zero attached hydrogens (tertiary/aromatic N) is 3. The van der Waals surface area contributed by atoms with Crippen LogP contribution in [0.5, 0.6) is 5.75 Å². The normalized spacial score (nSPS) is 13.3. The average Bonchev–Trinajstić information content (AvgIpc) is 3.33. The maximum Gasteiger partial charge on any atom is 0.229 e. The molecular formula is C23H27FN6O. The van der Waals surface area contributed by atoms with E-state index in [2.05, 4.69) is 20.5 Å². The monoisotopic (exact) mass is 422 g/mol. The number of rotatable bonds is 9. The molecule has 1 fully saturated rings. The minimum absolute atomic E-state index is 0.230. The van der Waals surface area contributed by atoms with Crippen LogP contribution in [0.1, 0.15) is 18.4 Å². The molecule has 3 aromatic rings. The first-order chi connectivity index (χ1) is 15.2. The Hall–Kier alpha value is -3.39. The van der Waals surface area contributed by atoms with E-state index in [0.29, 0.717) is 31.4 Å². The predicted octanol–water partition coefficient (Wildman–Crippen LogP) is 3.91. The summed E-state index contributed by atoms with van der Waals surface area (Å²) < 4.78 is 19.0. The van der Waals surface area contributed by atoms with Gasteiger partial charge in [-0.15, -0.1) is 0 Å². The third-order valence-corrected chi connectivity index (χ3v) is 5.04. The Morgan fingerprint density at radius 3 is 2.58 bits per heavy atom. The molecule has 1 aliphatic rings. The fourth-order valence-electron chi connectivity index (χ4n) is 3.50. The van der Waals surface area contributed by atoms with E-state index in [1.807, 2.05) is 30.3 Å². The largest absolute Gasteiger partial charge is 0.487 e. The van der Waals surface area contributed by atoms with Crippen LogP contribution >= 0.6 is 0 Å². The number of hydrogen-bond donors (Lipinski definition) is 3. The van der Waals surface area contributed by atoms with Gasteiger partial charge in [-0.05, 0) is 54.8 Å². The summed E-state index contributed by atoms with van der Waals surface area (Å²) in [7, 11) is 0. The van der Waals surface area contributed by atoms with Crippen molar-refractivity contribution in [1.82, 2.24) is 9.97 Å². The number of hydrogen-bond acceptors (Lipinski definition) is 7. The van der Waals surface area contributed by atoms with Gasteiger partial charge in [-0.2, -0.15) is 4.98 Å². The van der Waals surface area contributed by atoms with Gasteiger partial charge < -0.3 is 26.0 Å². The first kappa shape index (κ1) is 20.9. The number of halogens is 1. The summed E-state index contributed by atoms with van der Waals surface area (Å²) in [4.78, 5) is 11.3. The molecule has 4 N–H and O–H groups in total. The molecule has 2 aromatic carbocycles. The van der Waals surface area contributed by atoms with Gasteiger partial charge in [-0.1, -0.05) is 12.1 Å². The lowest BCUT2D eigenvalue weighted by Crippen LogP contribution is -2.21. The fourth-order valence-corrected chi connectivity index (χ4v) is 3.50. The molecule has 0 saturated carbocycles. The smallest absolute Gasteiger partial charge is 0.229 e. The summed E-state index contributed by atoms with van der Waals surface area (Å²) in [5.74, 6) is 1.75. The quantitative estimate of drug-likeness (QED) is 0.482. The van der Waals surface area contributed by atoms with Crippen LogP contribution < -0.4 is 26.0 Å². The topological polar surface area (TPSA) is 88.3 Å². The summed E-state index contributed by atoms with van der Waals surface area (Å²) in [5.41, 5.74) is 8.28. The van der Waals surface area contributed by atoms with Crippen LogP contribution in [0.15, 0.2) is 54.7 Å². The van der Waals surface area contributed by atoms with E-state index in [-0.39, 0.29) is 5.82 Å². The van der Waals surface area contributed by atoms with E-state index in [4.69, 9.17) is 15.5 Å². The summed E-state index contributed by atoms with van der Waals surface area (Å²) in [6.07, 6.45) is 3.99. The highest BCUT2D eigenvalue weighted by atomic mass is 19.1. The zero-order valence-corrected chi connectivity index (χ0v) is 17.4. The summed E-state index contributed by atoms with van der Waals surface area (Å²) in [6, 6.07) is 14.4. The number of nitrogens with one attached hydrogen (secondary N) is 2. The summed E-state index contributed by atoms with van der Waals surface area (Å²) >= 11 is 0. The highest BCUT2D eigenvalue weighted by Gasteiger charge is 2.19. The van der Waals surface area contributed by atoms with Crippen LogP contribution in [0, 0.1) is 5.82 Å². The van der Waals surface area contributed by atoms with Crippen LogP contribution in [-0.2, 0) is 6.54 Å². The van der Waals surface area contributed by atoms with Gasteiger partial charge in [0, 0.05) is 37.6 Å². The molecule has 1 aromatic heterocycles. The minimum atomic E-state index is -0.230. The molecule has 8 heteroatoms. The minimum Gasteiger partial charge on any atom is -0.487 e. The number of benzene rings is 2. The lowest BCUT2D eigenvalue weighted by Gasteiger charge is -2.20. The number of aromatic nitrogens is 2. The van der Waals surface area contributed by atoms with Crippen LogP contribution in [0.4, 0.5) is 27.5 Å². The van der Waals surface area contributed by atoms with Crippen molar-refractivity contribution in [1.29, 1.82) is 0 Å². The van der Waals surface area contributed by atoms with Crippen LogP contribution in [0.2, 0.25) is 0 Å². The van der Waals surface area contributed by atoms with Gasteiger partial charge in [0.25, 0.3) is 0 Å². The van der Waals surface area contributed by atoms with E-state index < -0.39 is 0 Å². The summed E-state index contributed by atoms with van der Waals surface area (Å²) in [5, 5.41) is 6.55. The molecule has 31 heavy (non-hydrogen) atoms. The SMILES string of the molecule is NCCOc1cnc(Nc2ccc(NCc3cccc(F)c3)cc2)nc1N1CCCC1. The molecule has 1 aliphatic heterocycles. The van der Waals surface area contributed by atoms with Gasteiger partial charge >= 0.3 is 0 Å². The molecule has 0 spiro atoms. The number of anilines is 4. The molecule has 2 heterocycles. The molecule has 0 unspecified atom stereocenters. The van der Waals surface area contributed by atoms with Gasteiger partial charge in [0.15, 0.2) is 11.6 Å². The number of ether oxygens (including phenoxy) is 1. The average molecular weight is 423 g/mol. The van der Waals surface area contributed by atoms with Crippen LogP contribution in [0.25, 0.3) is 0 Å². The van der Waals surface area contributed by atoms with Crippen molar-refractivity contribution >= 4 is 23.1 Å². The highest BCUT2D eigenvalue weighted by Crippen LogP contribution is 2.30. The van der Waals surface area contributed by atoms with Gasteiger partial charge in [0.05, 0.1) is 6.20 Å². The molecule has 0 atom stereocenters. The van der Waals surface area contributed by atoms with Crippen molar-refractivity contribution in [3.63, 3.8) is 0 Å². The van der Waals surface area contributed by atoms with Crippen molar-refractivity contribution in [2.24, 2.45) is 5.73 Å². The Balaban J connectivity index is 1.41. The van der Waals surface area contributed by atoms with Gasteiger partial charge in [-0.3, -0.25) is 0 Å². The third kappa shape index (κ3) is 5.61. The Morgan fingerprint density at radius 2 is 1.84 bits per heavy atom. The zero-order chi connectivity index (χ0) is 21.5. The predicted molar refractivity (Wildman–Crippen MR) is 121 cm³/mol. The van der Waals surface area contributed by atoms with Crippen molar-refractivity contribution in [3.05, 3.63) is 66.1 Å². The molecule has 0 aliphatic carbocycles. The molecular weight excluding hydrogens is 395 g/mol. The van der Waals surface area contributed by atoms with Crippen molar-refractivity contribution < 1.29 is 9.13 Å². The van der Waals surface area contributed by atoms with Crippen molar-refractivity contribution in [3.8, 4) is 5.75 Å². The van der Waals surface area contributed by atoms with E-state index >= 15 is 0 Å². The lowest BCUT2D eigenvalue weighted by molar-refractivity contribution is 0.326. The Morgan fingerprint density at radius 1 is 1.06 bits per heavy atom. The highest BCUT2D eigenvalue weighted by molar-refractivity contribution is 5.61. The van der Waals surface area contributed by atoms with Gasteiger partial charge in [-0.25, -0.2) is 9.37 Å². The third-order valence-electron chi connectivity index (χ3n) is 5.04. The van der Waals surface area contributed by atoms with Gasteiger partial charge in [0.1, 0.15) is 12.4 Å². The molecule has 0 amide bonds. The standard InChI is InChI=1S/C23H27FN6O/c24-18-5-3-4-17(14-18)15-26-19-6-8-20(9-7-19)28-23-27-16-21(31-13-10-25)22(29-23)30-11-1-2-12-30/h3-9,14,16,26H,1-2,10-13,15,25H2,(H,27,28,29). The Kier molecular flexibility index (Phi) is 6.78. The first-order valence-corrected chi connectivity index (χ1v) is 10.5. The van der Waals surface area contributed by atoms with Crippen LogP contribution in [0.3, 0.4) is 0 Å². The van der Waals surface area contributed by atoms with Gasteiger partial charge in [0.2, 0.25) is 5.95 Å². The fraction of sp³-hybridized carbons (Fsp3) is 0.304. The Labute approximate surface area is 181 Å². The maximum atomic E-state index is 13.3. The molecule has 0 radical (unpaired) electrons. The maximum absolute atomic E-state index is 13.3. The van der Waals surface area contributed by atoms with Crippen LogP contribution in [-0.4, -0.2) is 36.2 Å². The van der Waals surface area contributed by atoms with E-state index in [1.54, 1.807) is 12.3 Å². The second-order valence-electron chi connectivity index (χ2n) is 7.40. The molecule has 4 rings (SSSR count). The van der Waals surface area contributed by atoms with E-state index in [0.717, 1.165) is 48.7 Å². The second-order valence-corrected chi connectivity index (χ2v) is 7.40. The number of nitrogens with two attached hydrogens (primary N) is 1. The molecule has 7 nitrogen and oxygen atoms in total. The lowest BCUT2D eigenvalue weighted by atomic mass is 10.2. The second kappa shape index (κ2) is 10.1. The van der Waals surface area contributed by atoms with Crippen molar-refractivity contribution in [2.75, 3.05) is 41.8 Å². The zero-order valence-electron chi connectivity index (χ0n) is 17.4. The molecule has 162 valence electrons. The van der Waals surface area contributed by atoms with E-state index in [1.165, 1.54) is 12.1 Å². The first-order valence-electron chi connectivity index (χ1n) is 10.5. The molecule has 0 bridgehead atoms. The molecule has 1 saturated heterocycles. The van der Waals surface area contributed by atoms with Crippen molar-refractivity contribution in [2.45, 2.75) is 19.4 Å². The Bertz CT molecular complexity index is 992. The van der Waals surface area contributed by atoms with E-state index in [9.17, 15) is 4.39 Å².